The van der Waals surface area contributed by atoms with Crippen molar-refractivity contribution in [3.8, 4) is 11.1 Å². The summed E-state index contributed by atoms with van der Waals surface area (Å²) in [5.74, 6) is 1.70. The molecule has 1 saturated heterocycles. The highest BCUT2D eigenvalue weighted by atomic mass is 16.5. The number of nitrogens with one attached hydrogen (secondary N) is 2. The lowest BCUT2D eigenvalue weighted by atomic mass is 10.0. The van der Waals surface area contributed by atoms with E-state index in [0.717, 1.165) is 41.2 Å². The molecule has 3 aromatic rings. The van der Waals surface area contributed by atoms with Gasteiger partial charge in [-0.15, -0.1) is 0 Å². The number of carbonyl (C=O) groups is 1. The number of aliphatic hydroxyl groups excluding tert-OH is 1. The maximum Gasteiger partial charge on any atom is 0.255 e. The van der Waals surface area contributed by atoms with Crippen LogP contribution in [-0.2, 0) is 4.74 Å². The Morgan fingerprint density at radius 3 is 2.71 bits per heavy atom. The standard InChI is InChI=1S/C26H30N6O3/c1-17-21(19-4-7-28-24(15-19)29-8-11-33)16-23(25(30-17)32-9-12-35-13-10-32)31-26(34)20-5-6-27-22(14-20)18-2-3-18/h4-7,14-16,18,33H,2-3,8-13H2,1H3,(H,28,29)(H,31,34). The molecule has 1 saturated carbocycles. The highest BCUT2D eigenvalue weighted by molar-refractivity contribution is 6.06. The zero-order valence-corrected chi connectivity index (χ0v) is 19.8. The topological polar surface area (TPSA) is 112 Å². The smallest absolute Gasteiger partial charge is 0.255 e. The minimum Gasteiger partial charge on any atom is -0.395 e. The largest absolute Gasteiger partial charge is 0.395 e. The highest BCUT2D eigenvalue weighted by Crippen LogP contribution is 2.39. The number of amides is 1. The Kier molecular flexibility index (Phi) is 6.87. The van der Waals surface area contributed by atoms with E-state index in [9.17, 15) is 4.79 Å². The van der Waals surface area contributed by atoms with Crippen LogP contribution in [0.15, 0.2) is 42.7 Å². The highest BCUT2D eigenvalue weighted by Gasteiger charge is 2.26. The number of aliphatic hydroxyl groups is 1. The van der Waals surface area contributed by atoms with E-state index in [1.807, 2.05) is 31.2 Å². The molecule has 182 valence electrons. The zero-order valence-electron chi connectivity index (χ0n) is 19.8. The lowest BCUT2D eigenvalue weighted by molar-refractivity contribution is 0.102. The van der Waals surface area contributed by atoms with Gasteiger partial charge in [-0.2, -0.15) is 0 Å². The molecule has 0 radical (unpaired) electrons. The summed E-state index contributed by atoms with van der Waals surface area (Å²) in [5.41, 5.74) is 4.91. The molecular formula is C26H30N6O3. The van der Waals surface area contributed by atoms with E-state index in [4.69, 9.17) is 14.8 Å². The summed E-state index contributed by atoms with van der Waals surface area (Å²) in [5, 5.41) is 15.3. The van der Waals surface area contributed by atoms with Crippen molar-refractivity contribution >= 4 is 23.2 Å². The van der Waals surface area contributed by atoms with Crippen LogP contribution in [0.3, 0.4) is 0 Å². The van der Waals surface area contributed by atoms with E-state index >= 15 is 0 Å². The molecule has 0 atom stereocenters. The Bertz CT molecular complexity index is 1210. The van der Waals surface area contributed by atoms with Crippen LogP contribution in [0.4, 0.5) is 17.3 Å². The van der Waals surface area contributed by atoms with Gasteiger partial charge in [-0.05, 0) is 55.7 Å². The third-order valence-corrected chi connectivity index (χ3v) is 6.28. The lowest BCUT2D eigenvalue weighted by Gasteiger charge is -2.30. The number of carbonyl (C=O) groups excluding carboxylic acids is 1. The second-order valence-electron chi connectivity index (χ2n) is 8.87. The molecule has 9 heteroatoms. The molecule has 5 rings (SSSR count). The quantitative estimate of drug-likeness (QED) is 0.456. The fourth-order valence-electron chi connectivity index (χ4n) is 4.26. The van der Waals surface area contributed by atoms with E-state index in [0.29, 0.717) is 55.8 Å². The molecule has 0 unspecified atom stereocenters. The van der Waals surface area contributed by atoms with Gasteiger partial charge < -0.3 is 25.4 Å². The first-order valence-electron chi connectivity index (χ1n) is 12.0. The fourth-order valence-corrected chi connectivity index (χ4v) is 4.26. The third-order valence-electron chi connectivity index (χ3n) is 6.28. The van der Waals surface area contributed by atoms with Gasteiger partial charge >= 0.3 is 0 Å². The van der Waals surface area contributed by atoms with Crippen molar-refractivity contribution in [1.82, 2.24) is 15.0 Å². The Morgan fingerprint density at radius 1 is 1.14 bits per heavy atom. The lowest BCUT2D eigenvalue weighted by Crippen LogP contribution is -2.37. The number of aromatic nitrogens is 3. The van der Waals surface area contributed by atoms with Gasteiger partial charge in [-0.1, -0.05) is 0 Å². The minimum atomic E-state index is -0.180. The predicted octanol–water partition coefficient (Wildman–Crippen LogP) is 3.22. The molecule has 0 aromatic carbocycles. The Balaban J connectivity index is 1.50. The van der Waals surface area contributed by atoms with Crippen LogP contribution in [-0.4, -0.2) is 65.4 Å². The second-order valence-corrected chi connectivity index (χ2v) is 8.87. The molecule has 0 bridgehead atoms. The maximum absolute atomic E-state index is 13.3. The van der Waals surface area contributed by atoms with Crippen LogP contribution in [0.5, 0.6) is 0 Å². The van der Waals surface area contributed by atoms with Crippen LogP contribution in [0, 0.1) is 6.92 Å². The number of ether oxygens (including phenoxy) is 1. The maximum atomic E-state index is 13.3. The first-order valence-corrected chi connectivity index (χ1v) is 12.0. The van der Waals surface area contributed by atoms with Crippen molar-refractivity contribution in [3.63, 3.8) is 0 Å². The summed E-state index contributed by atoms with van der Waals surface area (Å²) in [6, 6.07) is 9.47. The summed E-state index contributed by atoms with van der Waals surface area (Å²) in [4.78, 5) is 29.1. The van der Waals surface area contributed by atoms with Crippen LogP contribution < -0.4 is 15.5 Å². The summed E-state index contributed by atoms with van der Waals surface area (Å²) >= 11 is 0. The molecule has 2 fully saturated rings. The van der Waals surface area contributed by atoms with Crippen LogP contribution in [0.2, 0.25) is 0 Å². The SMILES string of the molecule is Cc1nc(N2CCOCC2)c(NC(=O)c2ccnc(C3CC3)c2)cc1-c1ccnc(NCCO)c1. The van der Waals surface area contributed by atoms with E-state index < -0.39 is 0 Å². The Hall–Kier alpha value is -3.56. The van der Waals surface area contributed by atoms with Crippen molar-refractivity contribution in [2.75, 3.05) is 55.0 Å². The number of pyridine rings is 3. The molecule has 35 heavy (non-hydrogen) atoms. The molecule has 4 heterocycles. The minimum absolute atomic E-state index is 0.0222. The van der Waals surface area contributed by atoms with Crippen LogP contribution >= 0.6 is 0 Å². The van der Waals surface area contributed by atoms with Gasteiger partial charge in [0.15, 0.2) is 5.82 Å². The Labute approximate surface area is 204 Å². The zero-order chi connectivity index (χ0) is 24.2. The van der Waals surface area contributed by atoms with Gasteiger partial charge in [0.2, 0.25) is 0 Å². The van der Waals surface area contributed by atoms with Crippen molar-refractivity contribution in [3.05, 3.63) is 59.7 Å². The summed E-state index contributed by atoms with van der Waals surface area (Å²) in [6.45, 7) is 5.07. The number of anilines is 3. The molecule has 9 nitrogen and oxygen atoms in total. The average molecular weight is 475 g/mol. The number of morpholine rings is 1. The van der Waals surface area contributed by atoms with Gasteiger partial charge in [-0.25, -0.2) is 9.97 Å². The van der Waals surface area contributed by atoms with Crippen molar-refractivity contribution in [2.45, 2.75) is 25.7 Å². The first kappa shape index (κ1) is 23.2. The molecule has 0 spiro atoms. The van der Waals surface area contributed by atoms with Crippen molar-refractivity contribution < 1.29 is 14.6 Å². The molecule has 1 amide bonds. The van der Waals surface area contributed by atoms with E-state index in [2.05, 4.69) is 25.5 Å². The number of aryl methyl sites for hydroxylation is 1. The average Bonchev–Trinajstić information content (AvgIpc) is 3.75. The van der Waals surface area contributed by atoms with Crippen molar-refractivity contribution in [1.29, 1.82) is 0 Å². The summed E-state index contributed by atoms with van der Waals surface area (Å²) < 4.78 is 5.53. The second kappa shape index (κ2) is 10.4. The first-order chi connectivity index (χ1) is 17.1. The monoisotopic (exact) mass is 474 g/mol. The van der Waals surface area contributed by atoms with Gasteiger partial charge in [0.1, 0.15) is 5.82 Å². The third kappa shape index (κ3) is 5.41. The van der Waals surface area contributed by atoms with Crippen molar-refractivity contribution in [2.24, 2.45) is 0 Å². The van der Waals surface area contributed by atoms with E-state index in [1.54, 1.807) is 18.5 Å². The molecule has 3 N–H and O–H groups in total. The van der Waals surface area contributed by atoms with E-state index in [-0.39, 0.29) is 12.5 Å². The predicted molar refractivity (Wildman–Crippen MR) is 135 cm³/mol. The molecule has 1 aliphatic heterocycles. The molecule has 3 aromatic heterocycles. The van der Waals surface area contributed by atoms with Crippen LogP contribution in [0.1, 0.15) is 40.5 Å². The van der Waals surface area contributed by atoms with Gasteiger partial charge in [0, 0.05) is 60.5 Å². The number of hydrogen-bond donors (Lipinski definition) is 3. The van der Waals surface area contributed by atoms with E-state index in [1.165, 1.54) is 0 Å². The van der Waals surface area contributed by atoms with Gasteiger partial charge in [0.05, 0.1) is 25.5 Å². The molecule has 2 aliphatic rings. The Morgan fingerprint density at radius 2 is 1.94 bits per heavy atom. The fraction of sp³-hybridized carbons (Fsp3) is 0.385. The van der Waals surface area contributed by atoms with Gasteiger partial charge in [0.25, 0.3) is 5.91 Å². The molecular weight excluding hydrogens is 444 g/mol. The van der Waals surface area contributed by atoms with Gasteiger partial charge in [-0.3, -0.25) is 9.78 Å². The molecule has 1 aliphatic carbocycles. The number of hydrogen-bond acceptors (Lipinski definition) is 8. The number of rotatable bonds is 8. The van der Waals surface area contributed by atoms with Crippen LogP contribution in [0.25, 0.3) is 11.1 Å². The normalized spacial score (nSPS) is 15.7. The summed E-state index contributed by atoms with van der Waals surface area (Å²) in [6.07, 6.45) is 5.69. The summed E-state index contributed by atoms with van der Waals surface area (Å²) in [7, 11) is 0. The number of nitrogens with zero attached hydrogens (tertiary/aromatic N) is 4.